The molecule has 0 fully saturated rings. The quantitative estimate of drug-likeness (QED) is 0.828. The van der Waals surface area contributed by atoms with Crippen molar-refractivity contribution in [3.8, 4) is 5.75 Å². The van der Waals surface area contributed by atoms with E-state index in [2.05, 4.69) is 19.2 Å². The lowest BCUT2D eigenvalue weighted by atomic mass is 10.2. The number of hydrogen-bond donors (Lipinski definition) is 1. The molecule has 1 aromatic carbocycles. The zero-order chi connectivity index (χ0) is 12.8. The van der Waals surface area contributed by atoms with Gasteiger partial charge in [0, 0.05) is 18.7 Å². The average Bonchev–Trinajstić information content (AvgIpc) is 2.30. The van der Waals surface area contributed by atoms with Crippen molar-refractivity contribution in [2.24, 2.45) is 0 Å². The van der Waals surface area contributed by atoms with Crippen LogP contribution >= 0.6 is 0 Å². The number of rotatable bonds is 6. The van der Waals surface area contributed by atoms with Gasteiger partial charge in [0.2, 0.25) is 0 Å². The molecule has 0 aliphatic rings. The Hall–Kier alpha value is -1.16. The first-order valence-electron chi connectivity index (χ1n) is 5.88. The molecule has 0 saturated carbocycles. The fourth-order valence-electron chi connectivity index (χ4n) is 1.34. The van der Waals surface area contributed by atoms with Gasteiger partial charge in [-0.1, -0.05) is 6.92 Å². The van der Waals surface area contributed by atoms with E-state index in [0.29, 0.717) is 12.6 Å². The number of halogens is 2. The van der Waals surface area contributed by atoms with E-state index in [4.69, 9.17) is 4.74 Å². The molecular formula is C13H19F2NO. The summed E-state index contributed by atoms with van der Waals surface area (Å²) >= 11 is 0. The van der Waals surface area contributed by atoms with Gasteiger partial charge in [0.05, 0.1) is 0 Å². The maximum Gasteiger partial charge on any atom is 0.165 e. The summed E-state index contributed by atoms with van der Waals surface area (Å²) in [5.41, 5.74) is 0. The van der Waals surface area contributed by atoms with E-state index in [-0.39, 0.29) is 11.9 Å². The molecule has 0 radical (unpaired) electrons. The minimum absolute atomic E-state index is 0.0385. The molecule has 0 amide bonds. The van der Waals surface area contributed by atoms with Gasteiger partial charge in [-0.25, -0.2) is 8.78 Å². The van der Waals surface area contributed by atoms with E-state index >= 15 is 0 Å². The molecule has 2 atom stereocenters. The Balaban J connectivity index is 2.50. The second-order valence-corrected chi connectivity index (χ2v) is 4.22. The molecule has 0 spiro atoms. The van der Waals surface area contributed by atoms with Crippen molar-refractivity contribution in [1.82, 2.24) is 5.32 Å². The molecule has 1 rings (SSSR count). The summed E-state index contributed by atoms with van der Waals surface area (Å²) < 4.78 is 31.5. The van der Waals surface area contributed by atoms with Crippen LogP contribution in [-0.2, 0) is 0 Å². The number of ether oxygens (including phenoxy) is 1. The van der Waals surface area contributed by atoms with Crippen molar-refractivity contribution in [1.29, 1.82) is 0 Å². The number of hydrogen-bond acceptors (Lipinski definition) is 2. The minimum atomic E-state index is -0.540. The SMILES string of the molecule is CCC(C)NCC(C)Oc1cc(F)ccc1F. The third kappa shape index (κ3) is 4.69. The summed E-state index contributed by atoms with van der Waals surface area (Å²) in [6, 6.07) is 3.59. The zero-order valence-electron chi connectivity index (χ0n) is 10.5. The van der Waals surface area contributed by atoms with Gasteiger partial charge in [0.25, 0.3) is 0 Å². The first-order chi connectivity index (χ1) is 8.02. The lowest BCUT2D eigenvalue weighted by Crippen LogP contribution is -2.34. The van der Waals surface area contributed by atoms with E-state index in [9.17, 15) is 8.78 Å². The third-order valence-corrected chi connectivity index (χ3v) is 2.59. The highest BCUT2D eigenvalue weighted by Gasteiger charge is 2.10. The van der Waals surface area contributed by atoms with Gasteiger partial charge >= 0.3 is 0 Å². The van der Waals surface area contributed by atoms with Crippen molar-refractivity contribution >= 4 is 0 Å². The molecular weight excluding hydrogens is 224 g/mol. The van der Waals surface area contributed by atoms with Gasteiger partial charge < -0.3 is 10.1 Å². The second kappa shape index (κ2) is 6.55. The van der Waals surface area contributed by atoms with Crippen LogP contribution in [0, 0.1) is 11.6 Å². The molecule has 0 saturated heterocycles. The smallest absolute Gasteiger partial charge is 0.165 e. The van der Waals surface area contributed by atoms with Crippen molar-refractivity contribution in [3.05, 3.63) is 29.8 Å². The van der Waals surface area contributed by atoms with Crippen LogP contribution < -0.4 is 10.1 Å². The van der Waals surface area contributed by atoms with Gasteiger partial charge in [-0.3, -0.25) is 0 Å². The Kier molecular flexibility index (Phi) is 5.35. The van der Waals surface area contributed by atoms with Crippen LogP contribution in [0.15, 0.2) is 18.2 Å². The summed E-state index contributed by atoms with van der Waals surface area (Å²) in [5.74, 6) is -1.08. The predicted octanol–water partition coefficient (Wildman–Crippen LogP) is 3.12. The monoisotopic (exact) mass is 243 g/mol. The highest BCUT2D eigenvalue weighted by Crippen LogP contribution is 2.19. The topological polar surface area (TPSA) is 21.3 Å². The molecule has 17 heavy (non-hydrogen) atoms. The molecule has 0 bridgehead atoms. The van der Waals surface area contributed by atoms with Gasteiger partial charge in [0.15, 0.2) is 11.6 Å². The van der Waals surface area contributed by atoms with E-state index in [0.717, 1.165) is 24.6 Å². The molecule has 0 aliphatic heterocycles. The molecule has 96 valence electrons. The Morgan fingerprint density at radius 2 is 2.00 bits per heavy atom. The van der Waals surface area contributed by atoms with Crippen molar-refractivity contribution in [2.45, 2.75) is 39.3 Å². The van der Waals surface area contributed by atoms with E-state index in [1.165, 1.54) is 0 Å². The molecule has 0 heterocycles. The van der Waals surface area contributed by atoms with Gasteiger partial charge in [-0.05, 0) is 32.4 Å². The van der Waals surface area contributed by atoms with E-state index < -0.39 is 11.6 Å². The maximum atomic E-state index is 13.3. The second-order valence-electron chi connectivity index (χ2n) is 4.22. The minimum Gasteiger partial charge on any atom is -0.486 e. The van der Waals surface area contributed by atoms with Crippen LogP contribution in [0.25, 0.3) is 0 Å². The summed E-state index contributed by atoms with van der Waals surface area (Å²) in [4.78, 5) is 0. The van der Waals surface area contributed by atoms with Crippen LogP contribution in [-0.4, -0.2) is 18.7 Å². The first kappa shape index (κ1) is 13.9. The van der Waals surface area contributed by atoms with Gasteiger partial charge in [-0.15, -0.1) is 0 Å². The molecule has 4 heteroatoms. The fourth-order valence-corrected chi connectivity index (χ4v) is 1.34. The highest BCUT2D eigenvalue weighted by atomic mass is 19.1. The van der Waals surface area contributed by atoms with Crippen molar-refractivity contribution < 1.29 is 13.5 Å². The van der Waals surface area contributed by atoms with Gasteiger partial charge in [-0.2, -0.15) is 0 Å². The summed E-state index contributed by atoms with van der Waals surface area (Å²) in [6.07, 6.45) is 0.807. The molecule has 1 aromatic rings. The maximum absolute atomic E-state index is 13.3. The standard InChI is InChI=1S/C13H19F2NO/c1-4-9(2)16-8-10(3)17-13-7-11(14)5-6-12(13)15/h5-7,9-10,16H,4,8H2,1-3H3. The molecule has 1 N–H and O–H groups in total. The Morgan fingerprint density at radius 1 is 1.29 bits per heavy atom. The normalized spacial score (nSPS) is 14.4. The highest BCUT2D eigenvalue weighted by molar-refractivity contribution is 5.25. The summed E-state index contributed by atoms with van der Waals surface area (Å²) in [5, 5.41) is 3.25. The zero-order valence-corrected chi connectivity index (χ0v) is 10.5. The molecule has 2 nitrogen and oxygen atoms in total. The lowest BCUT2D eigenvalue weighted by Gasteiger charge is -2.18. The Bertz CT molecular complexity index is 357. The summed E-state index contributed by atoms with van der Waals surface area (Å²) in [6.45, 7) is 6.57. The number of benzene rings is 1. The first-order valence-corrected chi connectivity index (χ1v) is 5.88. The Labute approximate surface area is 101 Å². The lowest BCUT2D eigenvalue weighted by molar-refractivity contribution is 0.202. The van der Waals surface area contributed by atoms with Gasteiger partial charge in [0.1, 0.15) is 11.9 Å². The predicted molar refractivity (Wildman–Crippen MR) is 64.2 cm³/mol. The molecule has 0 aliphatic carbocycles. The largest absolute Gasteiger partial charge is 0.486 e. The van der Waals surface area contributed by atoms with Crippen LogP contribution in [0.3, 0.4) is 0 Å². The average molecular weight is 243 g/mol. The van der Waals surface area contributed by atoms with Crippen LogP contribution in [0.4, 0.5) is 8.78 Å². The third-order valence-electron chi connectivity index (χ3n) is 2.59. The Morgan fingerprint density at radius 3 is 2.65 bits per heavy atom. The van der Waals surface area contributed by atoms with Crippen molar-refractivity contribution in [2.75, 3.05) is 6.54 Å². The van der Waals surface area contributed by atoms with E-state index in [1.54, 1.807) is 0 Å². The van der Waals surface area contributed by atoms with Crippen LogP contribution in [0.2, 0.25) is 0 Å². The van der Waals surface area contributed by atoms with Crippen LogP contribution in [0.5, 0.6) is 5.75 Å². The summed E-state index contributed by atoms with van der Waals surface area (Å²) in [7, 11) is 0. The van der Waals surface area contributed by atoms with Crippen molar-refractivity contribution in [3.63, 3.8) is 0 Å². The van der Waals surface area contributed by atoms with E-state index in [1.807, 2.05) is 6.92 Å². The number of nitrogens with one attached hydrogen (secondary N) is 1. The molecule has 0 aromatic heterocycles. The molecule has 2 unspecified atom stereocenters. The van der Waals surface area contributed by atoms with Crippen LogP contribution in [0.1, 0.15) is 27.2 Å². The fraction of sp³-hybridized carbons (Fsp3) is 0.538.